The molecule has 1 aliphatic heterocycles. The van der Waals surface area contributed by atoms with Crippen molar-refractivity contribution in [1.82, 2.24) is 5.32 Å². The van der Waals surface area contributed by atoms with Crippen molar-refractivity contribution in [1.29, 1.82) is 0 Å². The quantitative estimate of drug-likeness (QED) is 0.869. The van der Waals surface area contributed by atoms with Gasteiger partial charge in [0.05, 0.1) is 0 Å². The summed E-state index contributed by atoms with van der Waals surface area (Å²) in [5, 5.41) is 12.9. The zero-order valence-electron chi connectivity index (χ0n) is 9.74. The number of carboxylic acid groups (broad SMARTS) is 1. The summed E-state index contributed by atoms with van der Waals surface area (Å²) >= 11 is 5.93. The number of rotatable bonds is 3. The molecule has 4 heteroatoms. The first-order valence-corrected chi connectivity index (χ1v) is 6.10. The first kappa shape index (κ1) is 12.4. The molecule has 2 unspecified atom stereocenters. The summed E-state index contributed by atoms with van der Waals surface area (Å²) in [5.74, 6) is -0.416. The van der Waals surface area contributed by atoms with Crippen LogP contribution in [0.3, 0.4) is 0 Å². The lowest BCUT2D eigenvalue weighted by molar-refractivity contribution is -0.143. The monoisotopic (exact) mass is 253 g/mol. The number of aliphatic carboxylic acids is 1. The maximum absolute atomic E-state index is 11.1. The number of hydrogen-bond donors (Lipinski definition) is 2. The minimum atomic E-state index is -0.775. The van der Waals surface area contributed by atoms with Crippen molar-refractivity contribution < 1.29 is 9.90 Å². The van der Waals surface area contributed by atoms with E-state index in [9.17, 15) is 4.79 Å². The zero-order chi connectivity index (χ0) is 12.5. The molecule has 0 amide bonds. The highest BCUT2D eigenvalue weighted by Gasteiger charge is 2.40. The Hall–Kier alpha value is -1.06. The van der Waals surface area contributed by atoms with Gasteiger partial charge in [0.2, 0.25) is 0 Å². The van der Waals surface area contributed by atoms with Crippen LogP contribution in [0.2, 0.25) is 5.02 Å². The summed E-state index contributed by atoms with van der Waals surface area (Å²) in [6.07, 6.45) is 1.53. The lowest BCUT2D eigenvalue weighted by Gasteiger charge is -2.18. The van der Waals surface area contributed by atoms with E-state index in [0.717, 1.165) is 18.0 Å². The average molecular weight is 254 g/mol. The van der Waals surface area contributed by atoms with Crippen LogP contribution in [0.25, 0.3) is 0 Å². The van der Waals surface area contributed by atoms with Crippen molar-refractivity contribution in [3.63, 3.8) is 0 Å². The minimum Gasteiger partial charge on any atom is -0.480 e. The fourth-order valence-electron chi connectivity index (χ4n) is 2.40. The van der Waals surface area contributed by atoms with Crippen LogP contribution in [-0.2, 0) is 11.2 Å². The summed E-state index contributed by atoms with van der Waals surface area (Å²) in [4.78, 5) is 11.1. The van der Waals surface area contributed by atoms with E-state index in [4.69, 9.17) is 16.7 Å². The fraction of sp³-hybridized carbons (Fsp3) is 0.462. The normalized spacial score (nSPS) is 28.2. The lowest BCUT2D eigenvalue weighted by atomic mass is 9.91. The van der Waals surface area contributed by atoms with Crippen molar-refractivity contribution in [2.24, 2.45) is 5.92 Å². The van der Waals surface area contributed by atoms with Gasteiger partial charge in [0.1, 0.15) is 5.54 Å². The molecule has 1 aliphatic rings. The number of hydrogen-bond acceptors (Lipinski definition) is 2. The molecule has 0 radical (unpaired) electrons. The number of nitrogens with one attached hydrogen (secondary N) is 1. The zero-order valence-corrected chi connectivity index (χ0v) is 10.5. The van der Waals surface area contributed by atoms with E-state index in [1.165, 1.54) is 5.56 Å². The Balaban J connectivity index is 2.01. The van der Waals surface area contributed by atoms with Crippen LogP contribution in [0.15, 0.2) is 24.3 Å². The molecule has 2 N–H and O–H groups in total. The molecule has 1 aromatic rings. The highest BCUT2D eigenvalue weighted by Crippen LogP contribution is 2.27. The average Bonchev–Trinajstić information content (AvgIpc) is 2.61. The standard InChI is InChI=1S/C13H16ClNO2/c1-13(12(16)17)7-10(8-15-13)5-9-3-2-4-11(14)6-9/h2-4,6,10,15H,5,7-8H2,1H3,(H,16,17). The number of halogens is 1. The molecular weight excluding hydrogens is 238 g/mol. The third-order valence-corrected chi connectivity index (χ3v) is 3.60. The van der Waals surface area contributed by atoms with Gasteiger partial charge in [0.25, 0.3) is 0 Å². The molecule has 1 saturated heterocycles. The Labute approximate surface area is 106 Å². The van der Waals surface area contributed by atoms with Crippen molar-refractivity contribution in [3.05, 3.63) is 34.9 Å². The minimum absolute atomic E-state index is 0.356. The molecular formula is C13H16ClNO2. The molecule has 17 heavy (non-hydrogen) atoms. The topological polar surface area (TPSA) is 49.3 Å². The van der Waals surface area contributed by atoms with Gasteiger partial charge < -0.3 is 10.4 Å². The fourth-order valence-corrected chi connectivity index (χ4v) is 2.61. The molecule has 1 heterocycles. The smallest absolute Gasteiger partial charge is 0.323 e. The number of benzene rings is 1. The van der Waals surface area contributed by atoms with Gasteiger partial charge in [-0.25, -0.2) is 0 Å². The van der Waals surface area contributed by atoms with Crippen LogP contribution >= 0.6 is 11.6 Å². The van der Waals surface area contributed by atoms with Gasteiger partial charge >= 0.3 is 5.97 Å². The van der Waals surface area contributed by atoms with Crippen LogP contribution in [0.5, 0.6) is 0 Å². The van der Waals surface area contributed by atoms with E-state index < -0.39 is 11.5 Å². The molecule has 0 saturated carbocycles. The molecule has 1 aromatic carbocycles. The van der Waals surface area contributed by atoms with Crippen LogP contribution in [-0.4, -0.2) is 23.2 Å². The van der Waals surface area contributed by atoms with Gasteiger partial charge in [-0.2, -0.15) is 0 Å². The third kappa shape index (κ3) is 2.79. The molecule has 3 nitrogen and oxygen atoms in total. The van der Waals surface area contributed by atoms with E-state index in [0.29, 0.717) is 12.3 Å². The molecule has 92 valence electrons. The molecule has 0 bridgehead atoms. The molecule has 2 atom stereocenters. The molecule has 0 spiro atoms. The van der Waals surface area contributed by atoms with Gasteiger partial charge in [0.15, 0.2) is 0 Å². The van der Waals surface area contributed by atoms with Crippen LogP contribution < -0.4 is 5.32 Å². The second-order valence-corrected chi connectivity index (χ2v) is 5.36. The van der Waals surface area contributed by atoms with Gasteiger partial charge in [0, 0.05) is 5.02 Å². The van der Waals surface area contributed by atoms with E-state index in [-0.39, 0.29) is 0 Å². The van der Waals surface area contributed by atoms with Crippen molar-refractivity contribution in [2.75, 3.05) is 6.54 Å². The maximum atomic E-state index is 11.1. The second-order valence-electron chi connectivity index (χ2n) is 4.92. The Morgan fingerprint density at radius 1 is 1.65 bits per heavy atom. The molecule has 1 fully saturated rings. The van der Waals surface area contributed by atoms with Crippen LogP contribution in [0.4, 0.5) is 0 Å². The Morgan fingerprint density at radius 3 is 3.00 bits per heavy atom. The van der Waals surface area contributed by atoms with Crippen LogP contribution in [0.1, 0.15) is 18.9 Å². The third-order valence-electron chi connectivity index (χ3n) is 3.36. The Kier molecular flexibility index (Phi) is 3.40. The van der Waals surface area contributed by atoms with Gasteiger partial charge in [-0.1, -0.05) is 23.7 Å². The largest absolute Gasteiger partial charge is 0.480 e. The molecule has 0 aromatic heterocycles. The Morgan fingerprint density at radius 2 is 2.41 bits per heavy atom. The summed E-state index contributed by atoms with van der Waals surface area (Å²) in [6, 6.07) is 7.75. The highest BCUT2D eigenvalue weighted by atomic mass is 35.5. The van der Waals surface area contributed by atoms with Crippen molar-refractivity contribution >= 4 is 17.6 Å². The summed E-state index contributed by atoms with van der Waals surface area (Å²) < 4.78 is 0. The van der Waals surface area contributed by atoms with E-state index in [1.807, 2.05) is 24.3 Å². The highest BCUT2D eigenvalue weighted by molar-refractivity contribution is 6.30. The summed E-state index contributed by atoms with van der Waals surface area (Å²) in [5.41, 5.74) is 0.391. The van der Waals surface area contributed by atoms with E-state index in [1.54, 1.807) is 6.92 Å². The summed E-state index contributed by atoms with van der Waals surface area (Å²) in [7, 11) is 0. The number of carbonyl (C=O) groups is 1. The van der Waals surface area contributed by atoms with E-state index >= 15 is 0 Å². The Bertz CT molecular complexity index is 435. The van der Waals surface area contributed by atoms with Gasteiger partial charge in [-0.3, -0.25) is 4.79 Å². The first-order valence-electron chi connectivity index (χ1n) is 5.72. The molecule has 0 aliphatic carbocycles. The van der Waals surface area contributed by atoms with Crippen LogP contribution in [0, 0.1) is 5.92 Å². The van der Waals surface area contributed by atoms with Gasteiger partial charge in [-0.15, -0.1) is 0 Å². The predicted molar refractivity (Wildman–Crippen MR) is 67.3 cm³/mol. The maximum Gasteiger partial charge on any atom is 0.323 e. The first-order chi connectivity index (χ1) is 7.99. The van der Waals surface area contributed by atoms with Crippen molar-refractivity contribution in [2.45, 2.75) is 25.3 Å². The number of carboxylic acids is 1. The van der Waals surface area contributed by atoms with E-state index in [2.05, 4.69) is 5.32 Å². The predicted octanol–water partition coefficient (Wildman–Crippen LogP) is 2.34. The second kappa shape index (κ2) is 4.67. The molecule has 2 rings (SSSR count). The SMILES string of the molecule is CC1(C(=O)O)CC(Cc2cccc(Cl)c2)CN1. The summed E-state index contributed by atoms with van der Waals surface area (Å²) in [6.45, 7) is 2.49. The van der Waals surface area contributed by atoms with Gasteiger partial charge in [-0.05, 0) is 49.9 Å². The lowest BCUT2D eigenvalue weighted by Crippen LogP contribution is -2.44. The van der Waals surface area contributed by atoms with Crippen molar-refractivity contribution in [3.8, 4) is 0 Å².